The number of nitrogens with zero attached hydrogens (tertiary/aromatic N) is 2. The Kier molecular flexibility index (Phi) is 3.40. The van der Waals surface area contributed by atoms with Crippen LogP contribution in [0.5, 0.6) is 5.75 Å². The molecule has 1 aromatic carbocycles. The molecule has 1 aliphatic carbocycles. The molecule has 0 radical (unpaired) electrons. The molecule has 0 bridgehead atoms. The smallest absolute Gasteiger partial charge is 0.128 e. The van der Waals surface area contributed by atoms with E-state index < -0.39 is 0 Å². The zero-order chi connectivity index (χ0) is 14.0. The third-order valence-corrected chi connectivity index (χ3v) is 4.15. The summed E-state index contributed by atoms with van der Waals surface area (Å²) in [6, 6.07) is 10.7. The van der Waals surface area contributed by atoms with E-state index in [1.165, 1.54) is 23.7 Å². The van der Waals surface area contributed by atoms with Crippen molar-refractivity contribution in [2.24, 2.45) is 5.41 Å². The summed E-state index contributed by atoms with van der Waals surface area (Å²) < 4.78 is 8.09. The maximum atomic E-state index is 8.95. The highest BCUT2D eigenvalue weighted by Gasteiger charge is 2.42. The third kappa shape index (κ3) is 2.38. The second-order valence-electron chi connectivity index (χ2n) is 5.82. The Hall–Kier alpha value is -1.95. The largest absolute Gasteiger partial charge is 0.493 e. The molecule has 3 nitrogen and oxygen atoms in total. The standard InChI is InChI=1S/C17H20N2O/c1-2-12-20-16-5-3-4-15-14(16)6-11-19(15)13-17(7-8-17)9-10-18/h3-6,11H,2,7-9,12-13H2,1H3. The summed E-state index contributed by atoms with van der Waals surface area (Å²) in [7, 11) is 0. The first kappa shape index (κ1) is 13.1. The van der Waals surface area contributed by atoms with Gasteiger partial charge < -0.3 is 9.30 Å². The molecular formula is C17H20N2O. The minimum absolute atomic E-state index is 0.223. The van der Waals surface area contributed by atoms with Gasteiger partial charge in [-0.25, -0.2) is 0 Å². The number of hydrogen-bond acceptors (Lipinski definition) is 2. The van der Waals surface area contributed by atoms with Crippen LogP contribution in [0.3, 0.4) is 0 Å². The second-order valence-corrected chi connectivity index (χ2v) is 5.82. The number of ether oxygens (including phenoxy) is 1. The zero-order valence-corrected chi connectivity index (χ0v) is 11.9. The molecule has 3 rings (SSSR count). The van der Waals surface area contributed by atoms with Crippen LogP contribution in [0.15, 0.2) is 30.5 Å². The van der Waals surface area contributed by atoms with Crippen LogP contribution >= 0.6 is 0 Å². The summed E-state index contributed by atoms with van der Waals surface area (Å²) in [5, 5.41) is 10.1. The average molecular weight is 268 g/mol. The maximum absolute atomic E-state index is 8.95. The zero-order valence-electron chi connectivity index (χ0n) is 11.9. The third-order valence-electron chi connectivity index (χ3n) is 4.15. The summed E-state index contributed by atoms with van der Waals surface area (Å²) in [4.78, 5) is 0. The Bertz CT molecular complexity index is 647. The highest BCUT2D eigenvalue weighted by Crippen LogP contribution is 2.50. The van der Waals surface area contributed by atoms with E-state index in [9.17, 15) is 0 Å². The van der Waals surface area contributed by atoms with E-state index in [2.05, 4.69) is 35.9 Å². The molecule has 1 aliphatic rings. The van der Waals surface area contributed by atoms with E-state index in [1.807, 2.05) is 12.1 Å². The van der Waals surface area contributed by atoms with E-state index in [0.29, 0.717) is 6.42 Å². The summed E-state index contributed by atoms with van der Waals surface area (Å²) in [5.41, 5.74) is 1.43. The normalized spacial score (nSPS) is 16.0. The number of rotatable bonds is 6. The topological polar surface area (TPSA) is 38.0 Å². The van der Waals surface area contributed by atoms with E-state index in [4.69, 9.17) is 10.00 Å². The van der Waals surface area contributed by atoms with Gasteiger partial charge in [-0.3, -0.25) is 0 Å². The SMILES string of the molecule is CCCOc1cccc2c1ccn2CC1(CC#N)CC1. The number of fused-ring (bicyclic) bond motifs is 1. The Balaban J connectivity index is 1.88. The van der Waals surface area contributed by atoms with Crippen molar-refractivity contribution in [2.75, 3.05) is 6.61 Å². The predicted octanol–water partition coefficient (Wildman–Crippen LogP) is 4.12. The van der Waals surface area contributed by atoms with Gasteiger partial charge >= 0.3 is 0 Å². The van der Waals surface area contributed by atoms with Crippen LogP contribution in [-0.4, -0.2) is 11.2 Å². The van der Waals surface area contributed by atoms with Crippen LogP contribution in [0.2, 0.25) is 0 Å². The molecule has 1 fully saturated rings. The van der Waals surface area contributed by atoms with Crippen LogP contribution in [0.4, 0.5) is 0 Å². The second kappa shape index (κ2) is 5.20. The molecule has 0 unspecified atom stereocenters. The van der Waals surface area contributed by atoms with Gasteiger partial charge in [0, 0.05) is 30.0 Å². The molecule has 1 heterocycles. The molecular weight excluding hydrogens is 248 g/mol. The fourth-order valence-corrected chi connectivity index (χ4v) is 2.77. The molecule has 0 N–H and O–H groups in total. The lowest BCUT2D eigenvalue weighted by Gasteiger charge is -2.14. The van der Waals surface area contributed by atoms with Crippen LogP contribution in [0.1, 0.15) is 32.6 Å². The Labute approximate surface area is 119 Å². The maximum Gasteiger partial charge on any atom is 0.128 e. The van der Waals surface area contributed by atoms with Gasteiger partial charge in [0.1, 0.15) is 5.75 Å². The molecule has 3 heteroatoms. The van der Waals surface area contributed by atoms with Crippen molar-refractivity contribution in [1.82, 2.24) is 4.57 Å². The summed E-state index contributed by atoms with van der Waals surface area (Å²) in [5.74, 6) is 0.966. The summed E-state index contributed by atoms with van der Waals surface area (Å²) in [6.07, 6.45) is 6.15. The first-order valence-electron chi connectivity index (χ1n) is 7.36. The van der Waals surface area contributed by atoms with Gasteiger partial charge in [-0.05, 0) is 37.5 Å². The van der Waals surface area contributed by atoms with Crippen LogP contribution in [-0.2, 0) is 6.54 Å². The van der Waals surface area contributed by atoms with Gasteiger partial charge in [0.15, 0.2) is 0 Å². The highest BCUT2D eigenvalue weighted by atomic mass is 16.5. The van der Waals surface area contributed by atoms with Crippen LogP contribution in [0, 0.1) is 16.7 Å². The van der Waals surface area contributed by atoms with Crippen molar-refractivity contribution in [3.8, 4) is 11.8 Å². The Morgan fingerprint density at radius 3 is 2.90 bits per heavy atom. The van der Waals surface area contributed by atoms with Crippen molar-refractivity contribution in [3.05, 3.63) is 30.5 Å². The molecule has 2 aromatic rings. The van der Waals surface area contributed by atoms with Gasteiger partial charge in [-0.1, -0.05) is 13.0 Å². The average Bonchev–Trinajstić information content (AvgIpc) is 3.09. The van der Waals surface area contributed by atoms with Gasteiger partial charge in [0.05, 0.1) is 18.2 Å². The lowest BCUT2D eigenvalue weighted by Crippen LogP contribution is -2.10. The van der Waals surface area contributed by atoms with Gasteiger partial charge in [0.25, 0.3) is 0 Å². The Morgan fingerprint density at radius 2 is 2.20 bits per heavy atom. The van der Waals surface area contributed by atoms with Crippen molar-refractivity contribution >= 4 is 10.9 Å². The molecule has 20 heavy (non-hydrogen) atoms. The lowest BCUT2D eigenvalue weighted by atomic mass is 10.0. The Morgan fingerprint density at radius 1 is 1.35 bits per heavy atom. The summed E-state index contributed by atoms with van der Waals surface area (Å²) >= 11 is 0. The van der Waals surface area contributed by atoms with Gasteiger partial charge in [-0.2, -0.15) is 5.26 Å². The minimum atomic E-state index is 0.223. The lowest BCUT2D eigenvalue weighted by molar-refractivity contribution is 0.321. The van der Waals surface area contributed by atoms with Crippen molar-refractivity contribution in [1.29, 1.82) is 5.26 Å². The minimum Gasteiger partial charge on any atom is -0.493 e. The highest BCUT2D eigenvalue weighted by molar-refractivity contribution is 5.86. The van der Waals surface area contributed by atoms with E-state index in [-0.39, 0.29) is 5.41 Å². The number of nitriles is 1. The van der Waals surface area contributed by atoms with Crippen molar-refractivity contribution < 1.29 is 4.74 Å². The summed E-state index contributed by atoms with van der Waals surface area (Å²) in [6.45, 7) is 3.81. The van der Waals surface area contributed by atoms with E-state index in [0.717, 1.165) is 25.3 Å². The molecule has 1 aromatic heterocycles. The van der Waals surface area contributed by atoms with E-state index >= 15 is 0 Å². The van der Waals surface area contributed by atoms with Gasteiger partial charge in [-0.15, -0.1) is 0 Å². The molecule has 0 amide bonds. The van der Waals surface area contributed by atoms with Crippen LogP contribution < -0.4 is 4.74 Å². The van der Waals surface area contributed by atoms with Crippen molar-refractivity contribution in [3.63, 3.8) is 0 Å². The molecule has 104 valence electrons. The van der Waals surface area contributed by atoms with Gasteiger partial charge in [0.2, 0.25) is 0 Å². The van der Waals surface area contributed by atoms with E-state index in [1.54, 1.807) is 0 Å². The fourth-order valence-electron chi connectivity index (χ4n) is 2.77. The first-order valence-corrected chi connectivity index (χ1v) is 7.36. The molecule has 1 saturated carbocycles. The quantitative estimate of drug-likeness (QED) is 0.790. The molecule has 0 saturated heterocycles. The van der Waals surface area contributed by atoms with Crippen molar-refractivity contribution in [2.45, 2.75) is 39.2 Å². The predicted molar refractivity (Wildman–Crippen MR) is 79.6 cm³/mol. The molecule has 0 aliphatic heterocycles. The fraction of sp³-hybridized carbons (Fsp3) is 0.471. The first-order chi connectivity index (χ1) is 9.78. The number of benzene rings is 1. The molecule has 0 atom stereocenters. The van der Waals surface area contributed by atoms with Crippen LogP contribution in [0.25, 0.3) is 10.9 Å². The number of aromatic nitrogens is 1. The monoisotopic (exact) mass is 268 g/mol. The molecule has 0 spiro atoms. The number of hydrogen-bond donors (Lipinski definition) is 0.